The third kappa shape index (κ3) is 3.05. The summed E-state index contributed by atoms with van der Waals surface area (Å²) < 4.78 is 5.99. The van der Waals surface area contributed by atoms with Crippen LogP contribution < -0.4 is 4.74 Å². The van der Waals surface area contributed by atoms with Crippen molar-refractivity contribution < 1.29 is 19.4 Å². The first-order valence-corrected chi connectivity index (χ1v) is 8.90. The Morgan fingerprint density at radius 2 is 1.58 bits per heavy atom. The number of carbonyl (C=O) groups is 2. The molecule has 0 radical (unpaired) electrons. The van der Waals surface area contributed by atoms with Gasteiger partial charge in [0.2, 0.25) is 0 Å². The molecule has 5 nitrogen and oxygen atoms in total. The van der Waals surface area contributed by atoms with Crippen LogP contribution in [0.25, 0.3) is 0 Å². The molecule has 1 saturated carbocycles. The van der Waals surface area contributed by atoms with E-state index in [-0.39, 0.29) is 18.4 Å². The number of rotatable bonds is 5. The third-order valence-corrected chi connectivity index (χ3v) is 5.30. The minimum atomic E-state index is -0.858. The SMILES string of the molecule is O=C(O)C1CN(C(=O)C2(Oc3ccccc3)CC2)CC1c1ccccc1. The van der Waals surface area contributed by atoms with Crippen LogP contribution in [-0.4, -0.2) is 40.6 Å². The minimum absolute atomic E-state index is 0.0916. The molecule has 2 aliphatic rings. The largest absolute Gasteiger partial charge is 0.481 e. The van der Waals surface area contributed by atoms with Gasteiger partial charge < -0.3 is 14.7 Å². The summed E-state index contributed by atoms with van der Waals surface area (Å²) in [5, 5.41) is 9.63. The molecule has 1 aliphatic heterocycles. The number of carboxylic acids is 1. The normalized spacial score (nSPS) is 23.5. The molecule has 2 unspecified atom stereocenters. The molecule has 2 aromatic carbocycles. The zero-order chi connectivity index (χ0) is 18.1. The monoisotopic (exact) mass is 351 g/mol. The summed E-state index contributed by atoms with van der Waals surface area (Å²) in [5.74, 6) is -1.06. The highest BCUT2D eigenvalue weighted by Gasteiger charge is 2.56. The Morgan fingerprint density at radius 1 is 0.962 bits per heavy atom. The molecule has 4 rings (SSSR count). The highest BCUT2D eigenvalue weighted by atomic mass is 16.5. The van der Waals surface area contributed by atoms with Gasteiger partial charge in [-0.3, -0.25) is 9.59 Å². The van der Waals surface area contributed by atoms with Crippen LogP contribution in [0.4, 0.5) is 0 Å². The fraction of sp³-hybridized carbons (Fsp3) is 0.333. The van der Waals surface area contributed by atoms with E-state index in [1.807, 2.05) is 60.7 Å². The summed E-state index contributed by atoms with van der Waals surface area (Å²) in [5.41, 5.74) is 0.139. The summed E-state index contributed by atoms with van der Waals surface area (Å²) in [6.45, 7) is 0.646. The number of carbonyl (C=O) groups excluding carboxylic acids is 1. The zero-order valence-corrected chi connectivity index (χ0v) is 14.4. The van der Waals surface area contributed by atoms with Crippen LogP contribution in [0, 0.1) is 5.92 Å². The van der Waals surface area contributed by atoms with Crippen LogP contribution in [0.15, 0.2) is 60.7 Å². The Hall–Kier alpha value is -2.82. The van der Waals surface area contributed by atoms with Gasteiger partial charge in [-0.15, -0.1) is 0 Å². The first-order valence-electron chi connectivity index (χ1n) is 8.90. The minimum Gasteiger partial charge on any atom is -0.481 e. The van der Waals surface area contributed by atoms with Crippen molar-refractivity contribution in [3.63, 3.8) is 0 Å². The molecular formula is C21H21NO4. The van der Waals surface area contributed by atoms with E-state index in [9.17, 15) is 14.7 Å². The maximum Gasteiger partial charge on any atom is 0.308 e. The van der Waals surface area contributed by atoms with E-state index in [0.29, 0.717) is 25.1 Å². The van der Waals surface area contributed by atoms with Gasteiger partial charge in [0.05, 0.1) is 5.92 Å². The van der Waals surface area contributed by atoms with E-state index in [0.717, 1.165) is 5.56 Å². The van der Waals surface area contributed by atoms with Gasteiger partial charge in [0.1, 0.15) is 5.75 Å². The molecule has 0 spiro atoms. The number of para-hydroxylation sites is 1. The molecule has 1 amide bonds. The van der Waals surface area contributed by atoms with E-state index >= 15 is 0 Å². The van der Waals surface area contributed by atoms with Gasteiger partial charge in [0, 0.05) is 31.8 Å². The van der Waals surface area contributed by atoms with Gasteiger partial charge in [-0.1, -0.05) is 48.5 Å². The van der Waals surface area contributed by atoms with E-state index in [2.05, 4.69) is 0 Å². The van der Waals surface area contributed by atoms with E-state index < -0.39 is 17.5 Å². The average molecular weight is 351 g/mol. The first-order chi connectivity index (χ1) is 12.6. The Bertz CT molecular complexity index is 801. The second-order valence-electron chi connectivity index (χ2n) is 7.08. The Labute approximate surface area is 152 Å². The standard InChI is InChI=1S/C21H21NO4/c23-19(24)18-14-22(13-17(18)15-7-3-1-4-8-15)20(25)21(11-12-21)26-16-9-5-2-6-10-16/h1-10,17-18H,11-14H2,(H,23,24). The predicted octanol–water partition coefficient (Wildman–Crippen LogP) is 2.92. The number of ether oxygens (including phenoxy) is 1. The van der Waals surface area contributed by atoms with E-state index in [1.54, 1.807) is 4.90 Å². The molecule has 0 aromatic heterocycles. The quantitative estimate of drug-likeness (QED) is 0.899. The highest BCUT2D eigenvalue weighted by molar-refractivity contribution is 5.89. The Balaban J connectivity index is 1.53. The molecule has 2 fully saturated rings. The van der Waals surface area contributed by atoms with Crippen molar-refractivity contribution in [2.24, 2.45) is 5.92 Å². The number of hydrogen-bond acceptors (Lipinski definition) is 3. The second-order valence-corrected chi connectivity index (χ2v) is 7.08. The van der Waals surface area contributed by atoms with Crippen LogP contribution >= 0.6 is 0 Å². The number of amides is 1. The van der Waals surface area contributed by atoms with Crippen LogP contribution in [-0.2, 0) is 9.59 Å². The lowest BCUT2D eigenvalue weighted by molar-refractivity contribution is -0.143. The highest BCUT2D eigenvalue weighted by Crippen LogP contribution is 2.44. The van der Waals surface area contributed by atoms with Crippen molar-refractivity contribution in [2.45, 2.75) is 24.4 Å². The van der Waals surface area contributed by atoms with Crippen molar-refractivity contribution in [1.82, 2.24) is 4.90 Å². The lowest BCUT2D eigenvalue weighted by Gasteiger charge is -2.24. The first kappa shape index (κ1) is 16.6. The fourth-order valence-corrected chi connectivity index (χ4v) is 3.73. The molecule has 26 heavy (non-hydrogen) atoms. The van der Waals surface area contributed by atoms with Gasteiger partial charge in [-0.05, 0) is 17.7 Å². The van der Waals surface area contributed by atoms with Gasteiger partial charge in [0.15, 0.2) is 5.60 Å². The molecule has 0 bridgehead atoms. The smallest absolute Gasteiger partial charge is 0.308 e. The third-order valence-electron chi connectivity index (χ3n) is 5.30. The van der Waals surface area contributed by atoms with Gasteiger partial charge in [-0.2, -0.15) is 0 Å². The second kappa shape index (κ2) is 6.48. The Kier molecular flexibility index (Phi) is 4.15. The van der Waals surface area contributed by atoms with Crippen LogP contribution in [0.3, 0.4) is 0 Å². The lowest BCUT2D eigenvalue weighted by Crippen LogP contribution is -2.43. The van der Waals surface area contributed by atoms with Crippen LogP contribution in [0.2, 0.25) is 0 Å². The summed E-state index contributed by atoms with van der Waals surface area (Å²) in [6.07, 6.45) is 1.34. The summed E-state index contributed by atoms with van der Waals surface area (Å²) in [7, 11) is 0. The predicted molar refractivity (Wildman–Crippen MR) is 95.9 cm³/mol. The van der Waals surface area contributed by atoms with E-state index in [1.165, 1.54) is 0 Å². The molecular weight excluding hydrogens is 330 g/mol. The number of aliphatic carboxylic acids is 1. The molecule has 134 valence electrons. The number of benzene rings is 2. The molecule has 2 atom stereocenters. The molecule has 1 aliphatic carbocycles. The molecule has 2 aromatic rings. The maximum absolute atomic E-state index is 13.1. The van der Waals surface area contributed by atoms with Crippen LogP contribution in [0.5, 0.6) is 5.75 Å². The van der Waals surface area contributed by atoms with Crippen molar-refractivity contribution >= 4 is 11.9 Å². The number of nitrogens with zero attached hydrogens (tertiary/aromatic N) is 1. The molecule has 1 N–H and O–H groups in total. The summed E-state index contributed by atoms with van der Waals surface area (Å²) >= 11 is 0. The van der Waals surface area contributed by atoms with Crippen molar-refractivity contribution in [2.75, 3.05) is 13.1 Å². The van der Waals surface area contributed by atoms with Crippen molar-refractivity contribution in [3.8, 4) is 5.75 Å². The fourth-order valence-electron chi connectivity index (χ4n) is 3.73. The van der Waals surface area contributed by atoms with Gasteiger partial charge in [0.25, 0.3) is 5.91 Å². The number of likely N-dealkylation sites (tertiary alicyclic amines) is 1. The number of carboxylic acid groups (broad SMARTS) is 1. The lowest BCUT2D eigenvalue weighted by atomic mass is 9.89. The summed E-state index contributed by atoms with van der Waals surface area (Å²) in [6, 6.07) is 18.9. The van der Waals surface area contributed by atoms with Gasteiger partial charge in [-0.25, -0.2) is 0 Å². The zero-order valence-electron chi connectivity index (χ0n) is 14.4. The maximum atomic E-state index is 13.1. The number of hydrogen-bond donors (Lipinski definition) is 1. The average Bonchev–Trinajstić information content (AvgIpc) is 3.30. The topological polar surface area (TPSA) is 66.8 Å². The van der Waals surface area contributed by atoms with Crippen molar-refractivity contribution in [3.05, 3.63) is 66.2 Å². The summed E-state index contributed by atoms with van der Waals surface area (Å²) in [4.78, 5) is 26.5. The Morgan fingerprint density at radius 3 is 2.15 bits per heavy atom. The van der Waals surface area contributed by atoms with E-state index in [4.69, 9.17) is 4.74 Å². The van der Waals surface area contributed by atoms with Crippen LogP contribution in [0.1, 0.15) is 24.3 Å². The molecule has 1 saturated heterocycles. The molecule has 5 heteroatoms. The van der Waals surface area contributed by atoms with Crippen molar-refractivity contribution in [1.29, 1.82) is 0 Å². The molecule has 1 heterocycles. The van der Waals surface area contributed by atoms with Gasteiger partial charge >= 0.3 is 5.97 Å².